The Labute approximate surface area is 88.4 Å². The largest absolute Gasteiger partial charge is 0.301 e. The van der Waals surface area contributed by atoms with E-state index in [9.17, 15) is 0 Å². The quantitative estimate of drug-likeness (QED) is 0.687. The Hall–Kier alpha value is -0.0800. The molecule has 1 aliphatic carbocycles. The normalized spacial score (nSPS) is 28.3. The molecule has 84 valence electrons. The summed E-state index contributed by atoms with van der Waals surface area (Å²) in [6.45, 7) is 7.48. The van der Waals surface area contributed by atoms with Gasteiger partial charge in [0.05, 0.1) is 6.61 Å². The summed E-state index contributed by atoms with van der Waals surface area (Å²) in [5.41, 5.74) is 3.22. The molecular weight excluding hydrogens is 174 g/mol. The molecule has 2 atom stereocenters. The van der Waals surface area contributed by atoms with Gasteiger partial charge in [-0.25, -0.2) is 0 Å². The van der Waals surface area contributed by atoms with Crippen molar-refractivity contribution in [2.45, 2.75) is 58.9 Å². The number of hydroxylamine groups is 1. The maximum Gasteiger partial charge on any atom is 0.0705 e. The van der Waals surface area contributed by atoms with Crippen molar-refractivity contribution >= 4 is 0 Å². The zero-order valence-corrected chi connectivity index (χ0v) is 9.88. The smallest absolute Gasteiger partial charge is 0.0705 e. The highest BCUT2D eigenvalue weighted by atomic mass is 16.6. The highest BCUT2D eigenvalue weighted by Gasteiger charge is 2.20. The summed E-state index contributed by atoms with van der Waals surface area (Å²) in [5, 5.41) is 0. The SMILES string of the molecule is CCC1CCCC(NOCC(C)C)C1. The molecule has 0 aromatic rings. The molecule has 1 N–H and O–H groups in total. The molecule has 1 fully saturated rings. The van der Waals surface area contributed by atoms with E-state index in [2.05, 4.69) is 26.3 Å². The number of rotatable bonds is 5. The van der Waals surface area contributed by atoms with Crippen LogP contribution in [0.1, 0.15) is 52.9 Å². The van der Waals surface area contributed by atoms with E-state index in [1.54, 1.807) is 0 Å². The number of nitrogens with one attached hydrogen (secondary N) is 1. The van der Waals surface area contributed by atoms with Crippen LogP contribution in [0.3, 0.4) is 0 Å². The van der Waals surface area contributed by atoms with Crippen LogP contribution in [0.15, 0.2) is 0 Å². The van der Waals surface area contributed by atoms with Gasteiger partial charge in [0.25, 0.3) is 0 Å². The average molecular weight is 199 g/mol. The van der Waals surface area contributed by atoms with Crippen molar-refractivity contribution in [3.05, 3.63) is 0 Å². The first kappa shape index (κ1) is 12.0. The lowest BCUT2D eigenvalue weighted by Gasteiger charge is -2.28. The van der Waals surface area contributed by atoms with Gasteiger partial charge in [0.2, 0.25) is 0 Å². The van der Waals surface area contributed by atoms with Gasteiger partial charge in [-0.1, -0.05) is 40.0 Å². The molecule has 0 heterocycles. The highest BCUT2D eigenvalue weighted by molar-refractivity contribution is 4.74. The van der Waals surface area contributed by atoms with E-state index >= 15 is 0 Å². The third-order valence-electron chi connectivity index (χ3n) is 3.03. The predicted octanol–water partition coefficient (Wildman–Crippen LogP) is 3.13. The van der Waals surface area contributed by atoms with E-state index in [0.29, 0.717) is 12.0 Å². The van der Waals surface area contributed by atoms with Crippen molar-refractivity contribution in [3.63, 3.8) is 0 Å². The summed E-state index contributed by atoms with van der Waals surface area (Å²) in [6.07, 6.45) is 6.69. The molecule has 0 spiro atoms. The Balaban J connectivity index is 2.11. The second kappa shape index (κ2) is 6.41. The van der Waals surface area contributed by atoms with Gasteiger partial charge in [0, 0.05) is 6.04 Å². The second-order valence-electron chi connectivity index (χ2n) is 4.96. The summed E-state index contributed by atoms with van der Waals surface area (Å²) in [6, 6.07) is 0.604. The third kappa shape index (κ3) is 4.43. The first-order valence-corrected chi connectivity index (χ1v) is 6.09. The molecule has 2 heteroatoms. The van der Waals surface area contributed by atoms with Crippen molar-refractivity contribution < 1.29 is 4.84 Å². The van der Waals surface area contributed by atoms with Crippen molar-refractivity contribution in [1.82, 2.24) is 5.48 Å². The van der Waals surface area contributed by atoms with Gasteiger partial charge in [0.1, 0.15) is 0 Å². The predicted molar refractivity (Wildman–Crippen MR) is 60.0 cm³/mol. The lowest BCUT2D eigenvalue weighted by atomic mass is 9.85. The Morgan fingerprint density at radius 3 is 2.79 bits per heavy atom. The van der Waals surface area contributed by atoms with Crippen LogP contribution in [0.2, 0.25) is 0 Å². The average Bonchev–Trinajstić information content (AvgIpc) is 2.18. The van der Waals surface area contributed by atoms with Crippen LogP contribution in [0.25, 0.3) is 0 Å². The van der Waals surface area contributed by atoms with Crippen LogP contribution in [0.4, 0.5) is 0 Å². The molecule has 14 heavy (non-hydrogen) atoms. The van der Waals surface area contributed by atoms with Crippen LogP contribution in [-0.2, 0) is 4.84 Å². The molecule has 1 rings (SSSR count). The molecule has 0 saturated heterocycles. The lowest BCUT2D eigenvalue weighted by molar-refractivity contribution is -0.0121. The van der Waals surface area contributed by atoms with E-state index in [4.69, 9.17) is 4.84 Å². The molecule has 2 nitrogen and oxygen atoms in total. The zero-order valence-electron chi connectivity index (χ0n) is 9.88. The van der Waals surface area contributed by atoms with E-state index in [1.165, 1.54) is 32.1 Å². The van der Waals surface area contributed by atoms with Gasteiger partial charge in [-0.05, 0) is 24.7 Å². The topological polar surface area (TPSA) is 21.3 Å². The maximum absolute atomic E-state index is 5.48. The summed E-state index contributed by atoms with van der Waals surface area (Å²) in [7, 11) is 0. The van der Waals surface area contributed by atoms with Crippen LogP contribution in [0, 0.1) is 11.8 Å². The number of hydrogen-bond donors (Lipinski definition) is 1. The first-order chi connectivity index (χ1) is 6.72. The highest BCUT2D eigenvalue weighted by Crippen LogP contribution is 2.26. The molecule has 0 aromatic carbocycles. The Kier molecular flexibility index (Phi) is 5.49. The summed E-state index contributed by atoms with van der Waals surface area (Å²) in [4.78, 5) is 5.48. The number of hydrogen-bond acceptors (Lipinski definition) is 2. The molecule has 0 aliphatic heterocycles. The second-order valence-corrected chi connectivity index (χ2v) is 4.96. The lowest BCUT2D eigenvalue weighted by Crippen LogP contribution is -2.34. The van der Waals surface area contributed by atoms with E-state index in [-0.39, 0.29) is 0 Å². The minimum atomic E-state index is 0.604. The van der Waals surface area contributed by atoms with E-state index in [1.807, 2.05) is 0 Å². The maximum atomic E-state index is 5.48. The van der Waals surface area contributed by atoms with Gasteiger partial charge in [-0.15, -0.1) is 0 Å². The molecule has 0 amide bonds. The van der Waals surface area contributed by atoms with Crippen molar-refractivity contribution in [1.29, 1.82) is 0 Å². The molecule has 0 aromatic heterocycles. The molecule has 2 unspecified atom stereocenters. The molecule has 1 saturated carbocycles. The van der Waals surface area contributed by atoms with Gasteiger partial charge in [-0.2, -0.15) is 5.48 Å². The van der Waals surface area contributed by atoms with Crippen molar-refractivity contribution in [2.75, 3.05) is 6.61 Å². The summed E-state index contributed by atoms with van der Waals surface area (Å²) in [5.74, 6) is 1.54. The minimum Gasteiger partial charge on any atom is -0.301 e. The van der Waals surface area contributed by atoms with Gasteiger partial charge >= 0.3 is 0 Å². The fourth-order valence-corrected chi connectivity index (χ4v) is 2.10. The Morgan fingerprint density at radius 1 is 1.36 bits per heavy atom. The van der Waals surface area contributed by atoms with Crippen molar-refractivity contribution in [3.8, 4) is 0 Å². The van der Waals surface area contributed by atoms with Crippen LogP contribution in [-0.4, -0.2) is 12.6 Å². The monoisotopic (exact) mass is 199 g/mol. The first-order valence-electron chi connectivity index (χ1n) is 6.09. The molecule has 0 radical (unpaired) electrons. The fraction of sp³-hybridized carbons (Fsp3) is 1.00. The molecular formula is C12H25NO. The molecule has 1 aliphatic rings. The van der Waals surface area contributed by atoms with E-state index < -0.39 is 0 Å². The standard InChI is InChI=1S/C12H25NO/c1-4-11-6-5-7-12(8-11)13-14-9-10(2)3/h10-13H,4-9H2,1-3H3. The Morgan fingerprint density at radius 2 is 2.14 bits per heavy atom. The zero-order chi connectivity index (χ0) is 10.4. The fourth-order valence-electron chi connectivity index (χ4n) is 2.10. The van der Waals surface area contributed by atoms with Crippen LogP contribution in [0.5, 0.6) is 0 Å². The van der Waals surface area contributed by atoms with Crippen LogP contribution < -0.4 is 5.48 Å². The van der Waals surface area contributed by atoms with Crippen molar-refractivity contribution in [2.24, 2.45) is 11.8 Å². The minimum absolute atomic E-state index is 0.604. The van der Waals surface area contributed by atoms with E-state index in [0.717, 1.165) is 12.5 Å². The van der Waals surface area contributed by atoms with Gasteiger partial charge in [0.15, 0.2) is 0 Å². The third-order valence-corrected chi connectivity index (χ3v) is 3.03. The summed E-state index contributed by atoms with van der Waals surface area (Å²) < 4.78 is 0. The van der Waals surface area contributed by atoms with Crippen LogP contribution >= 0.6 is 0 Å². The molecule has 0 bridgehead atoms. The summed E-state index contributed by atoms with van der Waals surface area (Å²) >= 11 is 0. The van der Waals surface area contributed by atoms with Gasteiger partial charge in [-0.3, -0.25) is 0 Å². The van der Waals surface area contributed by atoms with Gasteiger partial charge < -0.3 is 4.84 Å². The Bertz CT molecular complexity index is 147.